The first kappa shape index (κ1) is 19.0. The van der Waals surface area contributed by atoms with Crippen molar-refractivity contribution < 1.29 is 9.53 Å². The van der Waals surface area contributed by atoms with Gasteiger partial charge in [-0.25, -0.2) is 9.97 Å². The van der Waals surface area contributed by atoms with Crippen molar-refractivity contribution in [1.29, 1.82) is 0 Å². The third-order valence-electron chi connectivity index (χ3n) is 3.77. The first-order chi connectivity index (χ1) is 13.1. The molecule has 3 rings (SSSR count). The molecule has 0 radical (unpaired) electrons. The van der Waals surface area contributed by atoms with Crippen LogP contribution in [0.25, 0.3) is 11.4 Å². The first-order valence-corrected chi connectivity index (χ1v) is 9.46. The molecule has 2 heterocycles. The zero-order valence-corrected chi connectivity index (χ0v) is 16.2. The summed E-state index contributed by atoms with van der Waals surface area (Å²) in [6.07, 6.45) is 3.44. The number of nitrogens with one attached hydrogen (secondary N) is 1. The molecule has 0 bridgehead atoms. The molecule has 0 spiro atoms. The Labute approximate surface area is 162 Å². The SMILES string of the molecule is CN(C)Cc1cc(-c2ncccn2)ccc1OCC(=O)NCc1cccs1. The average Bonchev–Trinajstić information content (AvgIpc) is 3.19. The largest absolute Gasteiger partial charge is 0.483 e. The van der Waals surface area contributed by atoms with Gasteiger partial charge >= 0.3 is 0 Å². The first-order valence-electron chi connectivity index (χ1n) is 8.59. The van der Waals surface area contributed by atoms with E-state index >= 15 is 0 Å². The van der Waals surface area contributed by atoms with Gasteiger partial charge < -0.3 is 15.0 Å². The second kappa shape index (κ2) is 9.25. The molecule has 1 amide bonds. The van der Waals surface area contributed by atoms with Crippen molar-refractivity contribution in [2.24, 2.45) is 0 Å². The third-order valence-corrected chi connectivity index (χ3v) is 4.65. The molecule has 1 N–H and O–H groups in total. The molecule has 0 aliphatic carbocycles. The second-order valence-corrected chi connectivity index (χ2v) is 7.31. The third kappa shape index (κ3) is 5.60. The van der Waals surface area contributed by atoms with E-state index in [9.17, 15) is 4.79 Å². The average molecular weight is 382 g/mol. The van der Waals surface area contributed by atoms with Crippen LogP contribution in [0.3, 0.4) is 0 Å². The van der Waals surface area contributed by atoms with Gasteiger partial charge in [0, 0.05) is 34.9 Å². The Morgan fingerprint density at radius 3 is 2.70 bits per heavy atom. The Morgan fingerprint density at radius 1 is 1.19 bits per heavy atom. The molecule has 0 saturated carbocycles. The fourth-order valence-electron chi connectivity index (χ4n) is 2.56. The number of rotatable bonds is 8. The number of nitrogens with zero attached hydrogens (tertiary/aromatic N) is 3. The van der Waals surface area contributed by atoms with Crippen molar-refractivity contribution in [3.05, 3.63) is 64.6 Å². The van der Waals surface area contributed by atoms with E-state index in [2.05, 4.69) is 20.2 Å². The topological polar surface area (TPSA) is 67.3 Å². The van der Waals surface area contributed by atoms with E-state index in [1.807, 2.05) is 49.8 Å². The predicted molar refractivity (Wildman–Crippen MR) is 107 cm³/mol. The number of thiophene rings is 1. The maximum Gasteiger partial charge on any atom is 0.258 e. The number of hydrogen-bond acceptors (Lipinski definition) is 6. The van der Waals surface area contributed by atoms with Crippen LogP contribution >= 0.6 is 11.3 Å². The summed E-state index contributed by atoms with van der Waals surface area (Å²) >= 11 is 1.62. The van der Waals surface area contributed by atoms with Crippen molar-refractivity contribution in [2.45, 2.75) is 13.1 Å². The quantitative estimate of drug-likeness (QED) is 0.649. The summed E-state index contributed by atoms with van der Waals surface area (Å²) in [4.78, 5) is 23.8. The number of carbonyl (C=O) groups is 1. The summed E-state index contributed by atoms with van der Waals surface area (Å²) in [5.74, 6) is 1.21. The van der Waals surface area contributed by atoms with Crippen LogP contribution in [0.5, 0.6) is 5.75 Å². The Bertz CT molecular complexity index is 867. The molecule has 0 fully saturated rings. The Balaban J connectivity index is 1.67. The number of aromatic nitrogens is 2. The Morgan fingerprint density at radius 2 is 2.00 bits per heavy atom. The summed E-state index contributed by atoms with van der Waals surface area (Å²) in [6, 6.07) is 11.5. The molecule has 6 nitrogen and oxygen atoms in total. The molecule has 0 aliphatic rings. The molecule has 2 aromatic heterocycles. The monoisotopic (exact) mass is 382 g/mol. The lowest BCUT2D eigenvalue weighted by Crippen LogP contribution is -2.28. The summed E-state index contributed by atoms with van der Waals surface area (Å²) in [5.41, 5.74) is 1.90. The van der Waals surface area contributed by atoms with E-state index in [-0.39, 0.29) is 12.5 Å². The van der Waals surface area contributed by atoms with Crippen LogP contribution in [0.4, 0.5) is 0 Å². The van der Waals surface area contributed by atoms with Gasteiger partial charge in [0.1, 0.15) is 5.75 Å². The fraction of sp³-hybridized carbons (Fsp3) is 0.250. The minimum atomic E-state index is -0.144. The van der Waals surface area contributed by atoms with Gasteiger partial charge in [0.05, 0.1) is 6.54 Å². The molecule has 140 valence electrons. The summed E-state index contributed by atoms with van der Waals surface area (Å²) in [5, 5.41) is 4.86. The van der Waals surface area contributed by atoms with Crippen molar-refractivity contribution in [1.82, 2.24) is 20.2 Å². The fourth-order valence-corrected chi connectivity index (χ4v) is 3.21. The van der Waals surface area contributed by atoms with Crippen LogP contribution in [0.15, 0.2) is 54.2 Å². The number of ether oxygens (including phenoxy) is 1. The predicted octanol–water partition coefficient (Wildman–Crippen LogP) is 2.96. The number of hydrogen-bond donors (Lipinski definition) is 1. The highest BCUT2D eigenvalue weighted by Crippen LogP contribution is 2.25. The molecule has 0 saturated heterocycles. The van der Waals surface area contributed by atoms with E-state index in [0.29, 0.717) is 24.7 Å². The summed E-state index contributed by atoms with van der Waals surface area (Å²) < 4.78 is 5.78. The smallest absolute Gasteiger partial charge is 0.258 e. The minimum Gasteiger partial charge on any atom is -0.483 e. The van der Waals surface area contributed by atoms with Crippen molar-refractivity contribution in [3.8, 4) is 17.1 Å². The molecule has 3 aromatic rings. The van der Waals surface area contributed by atoms with Crippen LogP contribution in [-0.2, 0) is 17.9 Å². The highest BCUT2D eigenvalue weighted by Gasteiger charge is 2.11. The van der Waals surface area contributed by atoms with Gasteiger partial charge in [0.25, 0.3) is 5.91 Å². The van der Waals surface area contributed by atoms with E-state index in [0.717, 1.165) is 16.0 Å². The van der Waals surface area contributed by atoms with Crippen molar-refractivity contribution in [3.63, 3.8) is 0 Å². The van der Waals surface area contributed by atoms with Crippen molar-refractivity contribution in [2.75, 3.05) is 20.7 Å². The van der Waals surface area contributed by atoms with Gasteiger partial charge in [-0.15, -0.1) is 11.3 Å². The molecule has 0 aliphatic heterocycles. The van der Waals surface area contributed by atoms with Gasteiger partial charge in [0.2, 0.25) is 0 Å². The molecule has 1 aromatic carbocycles. The molecule has 7 heteroatoms. The zero-order valence-electron chi connectivity index (χ0n) is 15.4. The zero-order chi connectivity index (χ0) is 19.1. The van der Waals surface area contributed by atoms with Crippen LogP contribution < -0.4 is 10.1 Å². The molecule has 0 unspecified atom stereocenters. The summed E-state index contributed by atoms with van der Waals surface area (Å²) in [7, 11) is 3.98. The van der Waals surface area contributed by atoms with Gasteiger partial charge in [-0.05, 0) is 49.8 Å². The number of benzene rings is 1. The maximum absolute atomic E-state index is 12.1. The standard InChI is InChI=1S/C20H22N4O2S/c1-24(2)13-16-11-15(20-21-8-4-9-22-20)6-7-18(16)26-14-19(25)23-12-17-5-3-10-27-17/h3-11H,12-14H2,1-2H3,(H,23,25). The molecule has 27 heavy (non-hydrogen) atoms. The number of amides is 1. The van der Waals surface area contributed by atoms with Crippen molar-refractivity contribution >= 4 is 17.2 Å². The van der Waals surface area contributed by atoms with Crippen LogP contribution in [0.2, 0.25) is 0 Å². The highest BCUT2D eigenvalue weighted by atomic mass is 32.1. The van der Waals surface area contributed by atoms with Crippen LogP contribution in [-0.4, -0.2) is 41.5 Å². The highest BCUT2D eigenvalue weighted by molar-refractivity contribution is 7.09. The molecular weight excluding hydrogens is 360 g/mol. The van der Waals surface area contributed by atoms with E-state index < -0.39 is 0 Å². The Kier molecular flexibility index (Phi) is 6.51. The van der Waals surface area contributed by atoms with E-state index in [1.165, 1.54) is 0 Å². The Hall–Kier alpha value is -2.77. The van der Waals surface area contributed by atoms with Crippen LogP contribution in [0.1, 0.15) is 10.4 Å². The van der Waals surface area contributed by atoms with Gasteiger partial charge in [-0.3, -0.25) is 4.79 Å². The lowest BCUT2D eigenvalue weighted by atomic mass is 10.1. The maximum atomic E-state index is 12.1. The normalized spacial score (nSPS) is 10.8. The van der Waals surface area contributed by atoms with Crippen LogP contribution in [0, 0.1) is 0 Å². The second-order valence-electron chi connectivity index (χ2n) is 6.28. The minimum absolute atomic E-state index is 0.0208. The lowest BCUT2D eigenvalue weighted by Gasteiger charge is -2.16. The lowest BCUT2D eigenvalue weighted by molar-refractivity contribution is -0.123. The molecular formula is C20H22N4O2S. The van der Waals surface area contributed by atoms with Gasteiger partial charge in [-0.2, -0.15) is 0 Å². The molecule has 0 atom stereocenters. The van der Waals surface area contributed by atoms with E-state index in [1.54, 1.807) is 29.8 Å². The van der Waals surface area contributed by atoms with E-state index in [4.69, 9.17) is 4.74 Å². The van der Waals surface area contributed by atoms with Gasteiger partial charge in [0.15, 0.2) is 12.4 Å². The summed E-state index contributed by atoms with van der Waals surface area (Å²) in [6.45, 7) is 1.19. The van der Waals surface area contributed by atoms with Gasteiger partial charge in [-0.1, -0.05) is 6.07 Å². The number of carbonyl (C=O) groups excluding carboxylic acids is 1.